The number of carboxylic acid groups (broad SMARTS) is 1. The largest absolute Gasteiger partial charge is 0.480 e. The highest BCUT2D eigenvalue weighted by molar-refractivity contribution is 6.30. The minimum absolute atomic E-state index is 0. The summed E-state index contributed by atoms with van der Waals surface area (Å²) in [7, 11) is 0. The van der Waals surface area contributed by atoms with Crippen LogP contribution in [0.1, 0.15) is 48.7 Å². The molecule has 214 valence electrons. The van der Waals surface area contributed by atoms with Crippen LogP contribution in [0, 0.1) is 12.3 Å². The van der Waals surface area contributed by atoms with E-state index in [0.29, 0.717) is 43.6 Å². The molecule has 1 aromatic carbocycles. The van der Waals surface area contributed by atoms with Crippen molar-refractivity contribution in [3.63, 3.8) is 0 Å². The Hall–Kier alpha value is -3.35. The number of hydrogen-bond donors (Lipinski definition) is 3. The number of aliphatic carboxylic acids is 1. The van der Waals surface area contributed by atoms with E-state index in [4.69, 9.17) is 22.1 Å². The molecule has 5 rings (SSSR count). The molecule has 14 heteroatoms. The van der Waals surface area contributed by atoms with E-state index < -0.39 is 24.3 Å². The number of allylic oxidation sites excluding steroid dienone is 2. The zero-order chi connectivity index (χ0) is 27.9. The Balaban J connectivity index is 0.00000370. The number of ether oxygens (including phenoxy) is 1. The third-order valence-electron chi connectivity index (χ3n) is 7.19. The van der Waals surface area contributed by atoms with Crippen LogP contribution < -0.4 is 15.8 Å². The van der Waals surface area contributed by atoms with Gasteiger partial charge in [-0.1, -0.05) is 23.7 Å². The molecule has 1 aliphatic carbocycles. The molecule has 40 heavy (non-hydrogen) atoms. The van der Waals surface area contributed by atoms with E-state index in [-0.39, 0.29) is 45.9 Å². The summed E-state index contributed by atoms with van der Waals surface area (Å²) in [4.78, 5) is 19.5. The normalized spacial score (nSPS) is 21.5. The van der Waals surface area contributed by atoms with Crippen molar-refractivity contribution in [3.05, 3.63) is 64.6 Å². The topological polar surface area (TPSA) is 128 Å². The fourth-order valence-corrected chi connectivity index (χ4v) is 5.36. The van der Waals surface area contributed by atoms with Gasteiger partial charge in [0, 0.05) is 29.4 Å². The number of anilines is 1. The van der Waals surface area contributed by atoms with Crippen LogP contribution in [0.3, 0.4) is 0 Å². The maximum absolute atomic E-state index is 14.4. The maximum Gasteiger partial charge on any atom is 0.429 e. The summed E-state index contributed by atoms with van der Waals surface area (Å²) in [5.74, 6) is -1.43. The van der Waals surface area contributed by atoms with Crippen LogP contribution in [0.4, 0.5) is 19.1 Å². The number of hydrogen-bond acceptors (Lipinski definition) is 7. The molecule has 0 bridgehead atoms. The molecule has 1 spiro atoms. The first kappa shape index (κ1) is 29.6. The van der Waals surface area contributed by atoms with Gasteiger partial charge >= 0.3 is 12.1 Å². The van der Waals surface area contributed by atoms with Crippen molar-refractivity contribution >= 4 is 41.5 Å². The highest BCUT2D eigenvalue weighted by Crippen LogP contribution is 2.45. The summed E-state index contributed by atoms with van der Waals surface area (Å²) in [5.41, 5.74) is 7.40. The Morgan fingerprint density at radius 3 is 2.67 bits per heavy atom. The lowest BCUT2D eigenvalue weighted by Gasteiger charge is -2.31. The van der Waals surface area contributed by atoms with Gasteiger partial charge in [-0.15, -0.1) is 12.4 Å². The summed E-state index contributed by atoms with van der Waals surface area (Å²) in [6.45, 7) is 2.31. The molecule has 2 aromatic heterocycles. The molecule has 1 fully saturated rings. The number of rotatable bonds is 6. The average molecular weight is 599 g/mol. The van der Waals surface area contributed by atoms with E-state index in [1.165, 1.54) is 28.9 Å². The summed E-state index contributed by atoms with van der Waals surface area (Å²) < 4.78 is 49.9. The van der Waals surface area contributed by atoms with Gasteiger partial charge in [0.2, 0.25) is 17.9 Å². The van der Waals surface area contributed by atoms with Crippen molar-refractivity contribution in [2.75, 3.05) is 12.3 Å². The highest BCUT2D eigenvalue weighted by Gasteiger charge is 2.45. The Labute approximate surface area is 239 Å². The molecule has 1 aliphatic heterocycles. The molecule has 0 radical (unpaired) electrons. The number of nitrogens with two attached hydrogens (primary N) is 1. The van der Waals surface area contributed by atoms with Crippen molar-refractivity contribution < 1.29 is 27.8 Å². The van der Waals surface area contributed by atoms with Crippen LogP contribution >= 0.6 is 24.0 Å². The number of carboxylic acids is 1. The smallest absolute Gasteiger partial charge is 0.429 e. The summed E-state index contributed by atoms with van der Waals surface area (Å²) in [5, 5.41) is 16.8. The van der Waals surface area contributed by atoms with Crippen molar-refractivity contribution in [1.29, 1.82) is 0 Å². The van der Waals surface area contributed by atoms with E-state index in [1.807, 2.05) is 6.08 Å². The maximum atomic E-state index is 14.4. The van der Waals surface area contributed by atoms with Gasteiger partial charge < -0.3 is 20.9 Å². The SMILES string of the molecule is Cc1ccn(-c2cc(Cl)ccc2[C@@H](Oc2cc(C3=CC[C@@]4(CC3)CNC(C(=O)O)C4)nc(N)n2)C(F)(F)F)n1.Cl. The van der Waals surface area contributed by atoms with Crippen LogP contribution in [0.25, 0.3) is 11.3 Å². The molecule has 1 unspecified atom stereocenters. The first-order chi connectivity index (χ1) is 18.4. The van der Waals surface area contributed by atoms with Gasteiger partial charge in [0.25, 0.3) is 0 Å². The number of aryl methyl sites for hydroxylation is 1. The van der Waals surface area contributed by atoms with Crippen molar-refractivity contribution in [3.8, 4) is 11.6 Å². The van der Waals surface area contributed by atoms with Crippen molar-refractivity contribution in [2.45, 2.75) is 50.9 Å². The minimum atomic E-state index is -4.81. The van der Waals surface area contributed by atoms with Gasteiger partial charge in [-0.2, -0.15) is 23.3 Å². The fourth-order valence-electron chi connectivity index (χ4n) is 5.20. The number of nitrogens with one attached hydrogen (secondary N) is 1. The first-order valence-corrected chi connectivity index (χ1v) is 12.7. The molecule has 0 saturated carbocycles. The lowest BCUT2D eigenvalue weighted by atomic mass is 9.73. The Morgan fingerprint density at radius 2 is 2.08 bits per heavy atom. The standard InChI is InChI=1S/C26H26ClF3N6O3.ClH/c1-14-6-9-36(35-14)20-10-16(27)2-3-17(20)22(26(28,29)30)39-21-11-18(33-24(31)34-21)15-4-7-25(8-5-15)12-19(23(37)38)32-13-25;/h2-4,6,9-11,19,22,32H,5,7-8,12-13H2,1H3,(H,37,38)(H2,31,33,34);1H/t19?,22-,25+;/m1./s1. The van der Waals surface area contributed by atoms with Crippen LogP contribution in [0.15, 0.2) is 42.6 Å². The highest BCUT2D eigenvalue weighted by atomic mass is 35.5. The van der Waals surface area contributed by atoms with Gasteiger partial charge in [-0.25, -0.2) is 9.67 Å². The van der Waals surface area contributed by atoms with Gasteiger partial charge in [0.05, 0.1) is 17.1 Å². The monoisotopic (exact) mass is 598 g/mol. The van der Waals surface area contributed by atoms with Crippen molar-refractivity contribution in [2.24, 2.45) is 5.41 Å². The molecule has 3 atom stereocenters. The fraction of sp³-hybridized carbons (Fsp3) is 0.385. The number of carbonyl (C=O) groups is 1. The summed E-state index contributed by atoms with van der Waals surface area (Å²) >= 11 is 6.11. The number of aromatic nitrogens is 4. The predicted molar refractivity (Wildman–Crippen MR) is 145 cm³/mol. The predicted octanol–water partition coefficient (Wildman–Crippen LogP) is 5.31. The first-order valence-electron chi connectivity index (χ1n) is 12.3. The molecular weight excluding hydrogens is 572 g/mol. The molecule has 9 nitrogen and oxygen atoms in total. The second-order valence-corrected chi connectivity index (χ2v) is 10.4. The minimum Gasteiger partial charge on any atom is -0.480 e. The van der Waals surface area contributed by atoms with E-state index in [0.717, 1.165) is 5.57 Å². The van der Waals surface area contributed by atoms with Gasteiger partial charge in [-0.3, -0.25) is 4.79 Å². The van der Waals surface area contributed by atoms with E-state index in [9.17, 15) is 23.1 Å². The second-order valence-electron chi connectivity index (χ2n) is 10.0. The molecule has 3 aromatic rings. The van der Waals surface area contributed by atoms with Crippen LogP contribution in [-0.4, -0.2) is 49.6 Å². The van der Waals surface area contributed by atoms with Crippen LogP contribution in [0.2, 0.25) is 5.02 Å². The van der Waals surface area contributed by atoms with E-state index in [1.54, 1.807) is 19.2 Å². The van der Waals surface area contributed by atoms with E-state index >= 15 is 0 Å². The second kappa shape index (κ2) is 11.3. The number of benzene rings is 1. The third-order valence-corrected chi connectivity index (χ3v) is 7.43. The van der Waals surface area contributed by atoms with Gasteiger partial charge in [0.15, 0.2) is 0 Å². The van der Waals surface area contributed by atoms with Gasteiger partial charge in [0.1, 0.15) is 6.04 Å². The summed E-state index contributed by atoms with van der Waals surface area (Å²) in [6, 6.07) is 6.42. The molecule has 3 heterocycles. The van der Waals surface area contributed by atoms with Crippen molar-refractivity contribution in [1.82, 2.24) is 25.1 Å². The number of halogens is 5. The molecular formula is C26H27Cl2F3N6O3. The average Bonchev–Trinajstić information content (AvgIpc) is 3.49. The molecule has 4 N–H and O–H groups in total. The Kier molecular flexibility index (Phi) is 8.34. The molecule has 2 aliphatic rings. The number of nitrogens with zero attached hydrogens (tertiary/aromatic N) is 4. The zero-order valence-electron chi connectivity index (χ0n) is 21.3. The number of nitrogen functional groups attached to an aromatic ring is 1. The lowest BCUT2D eigenvalue weighted by Crippen LogP contribution is -2.30. The Morgan fingerprint density at radius 1 is 1.30 bits per heavy atom. The molecule has 0 amide bonds. The third kappa shape index (κ3) is 6.18. The molecule has 1 saturated heterocycles. The lowest BCUT2D eigenvalue weighted by molar-refractivity contribution is -0.198. The van der Waals surface area contributed by atoms with Crippen LogP contribution in [0.5, 0.6) is 5.88 Å². The van der Waals surface area contributed by atoms with E-state index in [2.05, 4.69) is 20.4 Å². The zero-order valence-corrected chi connectivity index (χ0v) is 22.9. The Bertz CT molecular complexity index is 1450. The summed E-state index contributed by atoms with van der Waals surface area (Å²) in [6.07, 6.45) is -1.32. The van der Waals surface area contributed by atoms with Gasteiger partial charge in [-0.05, 0) is 61.8 Å². The van der Waals surface area contributed by atoms with Crippen LogP contribution in [-0.2, 0) is 4.79 Å². The quantitative estimate of drug-likeness (QED) is 0.348. The number of alkyl halides is 3.